The Kier molecular flexibility index (Phi) is 5.04. The van der Waals surface area contributed by atoms with Gasteiger partial charge < -0.3 is 5.32 Å². The zero-order valence-corrected chi connectivity index (χ0v) is 9.42. The molecule has 0 radical (unpaired) electrons. The lowest BCUT2D eigenvalue weighted by Crippen LogP contribution is -2.32. The van der Waals surface area contributed by atoms with Crippen molar-refractivity contribution >= 4 is 6.71 Å². The van der Waals surface area contributed by atoms with Gasteiger partial charge in [-0.25, -0.2) is 5.26 Å². The number of hydrogen-bond acceptors (Lipinski definition) is 2. The molecule has 0 aromatic rings. The van der Waals surface area contributed by atoms with E-state index in [0.29, 0.717) is 12.5 Å². The van der Waals surface area contributed by atoms with Crippen LogP contribution in [0, 0.1) is 11.2 Å². The summed E-state index contributed by atoms with van der Waals surface area (Å²) < 4.78 is 0. The second kappa shape index (κ2) is 6.08. The van der Waals surface area contributed by atoms with Crippen LogP contribution in [0.15, 0.2) is 0 Å². The quantitative estimate of drug-likeness (QED) is 0.682. The summed E-state index contributed by atoms with van der Waals surface area (Å²) in [6.07, 6.45) is 5.05. The Bertz CT molecular complexity index is 190. The Balaban J connectivity index is 0.000000461. The molecule has 0 amide bonds. The molecule has 2 rings (SSSR count). The first-order valence-electron chi connectivity index (χ1n) is 6.02. The lowest BCUT2D eigenvalue weighted by Gasteiger charge is -2.24. The number of piperidine rings is 1. The molecule has 3 heteroatoms. The minimum atomic E-state index is 0.382. The highest BCUT2D eigenvalue weighted by Gasteiger charge is 2.40. The molecular formula is C11H21BN2. The van der Waals surface area contributed by atoms with E-state index in [1.54, 1.807) is 0 Å². The van der Waals surface area contributed by atoms with Crippen molar-refractivity contribution in [3.63, 3.8) is 0 Å². The van der Waals surface area contributed by atoms with Gasteiger partial charge in [-0.1, -0.05) is 26.7 Å². The molecule has 0 aromatic carbocycles. The maximum atomic E-state index is 9.02. The fourth-order valence-electron chi connectivity index (χ4n) is 2.25. The zero-order valence-electron chi connectivity index (χ0n) is 9.42. The molecule has 0 aromatic heterocycles. The molecule has 1 saturated heterocycles. The highest BCUT2D eigenvalue weighted by Crippen LogP contribution is 2.44. The van der Waals surface area contributed by atoms with E-state index >= 15 is 0 Å². The molecule has 2 fully saturated rings. The van der Waals surface area contributed by atoms with E-state index in [9.17, 15) is 0 Å². The molecule has 1 heterocycles. The summed E-state index contributed by atoms with van der Waals surface area (Å²) in [5, 5.41) is 12.4. The van der Waals surface area contributed by atoms with Crippen molar-refractivity contribution in [1.82, 2.24) is 5.32 Å². The van der Waals surface area contributed by atoms with Crippen molar-refractivity contribution in [2.45, 2.75) is 51.2 Å². The average Bonchev–Trinajstić information content (AvgIpc) is 3.08. The second-order valence-corrected chi connectivity index (χ2v) is 4.08. The molecule has 0 atom stereocenters. The van der Waals surface area contributed by atoms with Gasteiger partial charge in [0.15, 0.2) is 0 Å². The Morgan fingerprint density at radius 2 is 1.57 bits per heavy atom. The van der Waals surface area contributed by atoms with Crippen LogP contribution in [-0.2, 0) is 0 Å². The maximum Gasteiger partial charge on any atom is 0.274 e. The maximum absolute atomic E-state index is 9.02. The number of nitrogens with zero attached hydrogens (tertiary/aromatic N) is 1. The van der Waals surface area contributed by atoms with E-state index in [4.69, 9.17) is 5.26 Å². The van der Waals surface area contributed by atoms with Crippen LogP contribution >= 0.6 is 0 Å². The van der Waals surface area contributed by atoms with Crippen LogP contribution in [0.4, 0.5) is 0 Å². The third kappa shape index (κ3) is 3.03. The molecule has 2 aliphatic rings. The fraction of sp³-hybridized carbons (Fsp3) is 0.909. The Morgan fingerprint density at radius 1 is 1.07 bits per heavy atom. The Morgan fingerprint density at radius 3 is 2.00 bits per heavy atom. The van der Waals surface area contributed by atoms with Crippen LogP contribution in [0.25, 0.3) is 0 Å². The molecule has 1 aliphatic heterocycles. The van der Waals surface area contributed by atoms with Gasteiger partial charge in [0.05, 0.1) is 0 Å². The molecule has 1 saturated carbocycles. The van der Waals surface area contributed by atoms with Crippen molar-refractivity contribution in [2.75, 3.05) is 13.1 Å². The number of hydrogen-bond donors (Lipinski definition) is 1. The molecule has 1 aliphatic carbocycles. The fourth-order valence-corrected chi connectivity index (χ4v) is 2.25. The minimum absolute atomic E-state index is 0.382. The first kappa shape index (κ1) is 11.6. The Labute approximate surface area is 88.1 Å². The van der Waals surface area contributed by atoms with E-state index in [1.807, 2.05) is 13.8 Å². The summed E-state index contributed by atoms with van der Waals surface area (Å²) in [7, 11) is 0. The lowest BCUT2D eigenvalue weighted by atomic mass is 9.37. The summed E-state index contributed by atoms with van der Waals surface area (Å²) in [6, 6.07) is 0. The number of rotatable bonds is 2. The smallest absolute Gasteiger partial charge is 0.274 e. The summed E-state index contributed by atoms with van der Waals surface area (Å²) in [5.41, 5.74) is 0. The van der Waals surface area contributed by atoms with Crippen LogP contribution in [0.3, 0.4) is 0 Å². The average molecular weight is 192 g/mol. The third-order valence-electron chi connectivity index (χ3n) is 3.17. The molecule has 14 heavy (non-hydrogen) atoms. The molecule has 1 N–H and O–H groups in total. The molecule has 0 spiro atoms. The van der Waals surface area contributed by atoms with Crippen LogP contribution in [-0.4, -0.2) is 19.8 Å². The normalized spacial score (nSPS) is 21.8. The highest BCUT2D eigenvalue weighted by molar-refractivity contribution is 6.70. The van der Waals surface area contributed by atoms with E-state index < -0.39 is 0 Å². The summed E-state index contributed by atoms with van der Waals surface area (Å²) in [6.45, 7) is 6.62. The van der Waals surface area contributed by atoms with Gasteiger partial charge in [0.25, 0.3) is 6.71 Å². The minimum Gasteiger partial charge on any atom is -0.317 e. The van der Waals surface area contributed by atoms with E-state index in [2.05, 4.69) is 11.3 Å². The van der Waals surface area contributed by atoms with Crippen molar-refractivity contribution in [1.29, 1.82) is 5.26 Å². The predicted molar refractivity (Wildman–Crippen MR) is 61.6 cm³/mol. The summed E-state index contributed by atoms with van der Waals surface area (Å²) in [4.78, 5) is 0. The third-order valence-corrected chi connectivity index (χ3v) is 3.17. The summed E-state index contributed by atoms with van der Waals surface area (Å²) >= 11 is 0. The first-order chi connectivity index (χ1) is 6.92. The van der Waals surface area contributed by atoms with Crippen LogP contribution in [0.2, 0.25) is 11.6 Å². The van der Waals surface area contributed by atoms with Crippen molar-refractivity contribution < 1.29 is 0 Å². The van der Waals surface area contributed by atoms with Crippen molar-refractivity contribution in [3.8, 4) is 5.97 Å². The largest absolute Gasteiger partial charge is 0.317 e. The zero-order chi connectivity index (χ0) is 10.4. The van der Waals surface area contributed by atoms with Crippen molar-refractivity contribution in [3.05, 3.63) is 0 Å². The molecule has 0 bridgehead atoms. The summed E-state index contributed by atoms with van der Waals surface area (Å²) in [5.74, 6) is 3.97. The lowest BCUT2D eigenvalue weighted by molar-refractivity contribution is 0.513. The van der Waals surface area contributed by atoms with Gasteiger partial charge in [0, 0.05) is 5.97 Å². The first-order valence-corrected chi connectivity index (χ1v) is 6.02. The van der Waals surface area contributed by atoms with Gasteiger partial charge in [0.1, 0.15) is 0 Å². The Hall–Kier alpha value is -0.485. The SMILES string of the molecule is CC.N#CB(C1CCNCC1)C1CC1. The van der Waals surface area contributed by atoms with Gasteiger partial charge >= 0.3 is 0 Å². The monoisotopic (exact) mass is 192 g/mol. The number of nitriles is 1. The van der Waals surface area contributed by atoms with Gasteiger partial charge in [-0.3, -0.25) is 0 Å². The van der Waals surface area contributed by atoms with E-state index in [-0.39, 0.29) is 0 Å². The van der Waals surface area contributed by atoms with Crippen LogP contribution < -0.4 is 5.32 Å². The second-order valence-electron chi connectivity index (χ2n) is 4.08. The van der Waals surface area contributed by atoms with Gasteiger partial charge in [-0.05, 0) is 37.6 Å². The molecular weight excluding hydrogens is 171 g/mol. The van der Waals surface area contributed by atoms with Crippen molar-refractivity contribution in [2.24, 2.45) is 0 Å². The standard InChI is InChI=1S/C9H15BN2.C2H6/c11-7-10(8-1-2-8)9-3-5-12-6-4-9;1-2/h8-9,12H,1-6H2;1-2H3. The topological polar surface area (TPSA) is 35.8 Å². The highest BCUT2D eigenvalue weighted by atomic mass is 14.9. The molecule has 78 valence electrons. The van der Waals surface area contributed by atoms with Gasteiger partial charge in [0.2, 0.25) is 0 Å². The van der Waals surface area contributed by atoms with Crippen LogP contribution in [0.1, 0.15) is 39.5 Å². The van der Waals surface area contributed by atoms with E-state index in [0.717, 1.165) is 18.9 Å². The van der Waals surface area contributed by atoms with Gasteiger partial charge in [-0.15, -0.1) is 0 Å². The van der Waals surface area contributed by atoms with Crippen LogP contribution in [0.5, 0.6) is 0 Å². The van der Waals surface area contributed by atoms with Gasteiger partial charge in [-0.2, -0.15) is 0 Å². The predicted octanol–water partition coefficient (Wildman–Crippen LogP) is 2.49. The molecule has 2 nitrogen and oxygen atoms in total. The number of nitrogens with one attached hydrogen (secondary N) is 1. The van der Waals surface area contributed by atoms with E-state index in [1.165, 1.54) is 25.7 Å². The molecule has 0 unspecified atom stereocenters.